The summed E-state index contributed by atoms with van der Waals surface area (Å²) >= 11 is 0. The molecule has 0 atom stereocenters. The SMILES string of the molecule is C=C(C)C(=O)Oc1cccc(C=Cc2ccc(C=Cc3ccccc3OC(=O)C(=C)C)cc2C(F)(F)F)c1. The van der Waals surface area contributed by atoms with Gasteiger partial charge in [-0.15, -0.1) is 0 Å². The van der Waals surface area contributed by atoms with E-state index in [1.54, 1.807) is 60.7 Å². The third-order valence-electron chi connectivity index (χ3n) is 5.18. The van der Waals surface area contributed by atoms with Crippen LogP contribution in [-0.2, 0) is 15.8 Å². The molecule has 4 nitrogen and oxygen atoms in total. The summed E-state index contributed by atoms with van der Waals surface area (Å²) in [6.45, 7) is 10.1. The zero-order chi connectivity index (χ0) is 27.9. The average molecular weight is 519 g/mol. The normalized spacial score (nSPS) is 11.5. The van der Waals surface area contributed by atoms with Crippen LogP contribution in [0.1, 0.15) is 41.7 Å². The summed E-state index contributed by atoms with van der Waals surface area (Å²) in [6.07, 6.45) is 1.34. The van der Waals surface area contributed by atoms with E-state index in [9.17, 15) is 22.8 Å². The maximum atomic E-state index is 13.9. The number of hydrogen-bond donors (Lipinski definition) is 0. The van der Waals surface area contributed by atoms with Crippen LogP contribution in [0.3, 0.4) is 0 Å². The minimum atomic E-state index is -4.60. The summed E-state index contributed by atoms with van der Waals surface area (Å²) in [7, 11) is 0. The summed E-state index contributed by atoms with van der Waals surface area (Å²) in [5, 5.41) is 0. The fourth-order valence-corrected chi connectivity index (χ4v) is 3.21. The van der Waals surface area contributed by atoms with E-state index >= 15 is 0 Å². The van der Waals surface area contributed by atoms with E-state index in [1.165, 1.54) is 38.1 Å². The van der Waals surface area contributed by atoms with E-state index in [-0.39, 0.29) is 28.2 Å². The summed E-state index contributed by atoms with van der Waals surface area (Å²) in [6, 6.07) is 17.1. The number of para-hydroxylation sites is 1. The van der Waals surface area contributed by atoms with Gasteiger partial charge in [0, 0.05) is 16.7 Å². The van der Waals surface area contributed by atoms with Crippen molar-refractivity contribution in [2.45, 2.75) is 20.0 Å². The van der Waals surface area contributed by atoms with E-state index in [4.69, 9.17) is 9.47 Å². The Morgan fingerprint density at radius 1 is 0.711 bits per heavy atom. The number of esters is 2. The highest BCUT2D eigenvalue weighted by Crippen LogP contribution is 2.34. The van der Waals surface area contributed by atoms with Crippen LogP contribution >= 0.6 is 0 Å². The number of alkyl halides is 3. The minimum absolute atomic E-state index is 0.0326. The van der Waals surface area contributed by atoms with Crippen LogP contribution in [0.2, 0.25) is 0 Å². The quantitative estimate of drug-likeness (QED) is 0.131. The molecule has 0 heterocycles. The maximum absolute atomic E-state index is 13.9. The zero-order valence-electron chi connectivity index (χ0n) is 20.8. The topological polar surface area (TPSA) is 52.6 Å². The lowest BCUT2D eigenvalue weighted by Crippen LogP contribution is -2.09. The highest BCUT2D eigenvalue weighted by atomic mass is 19.4. The van der Waals surface area contributed by atoms with Crippen molar-refractivity contribution < 1.29 is 32.2 Å². The van der Waals surface area contributed by atoms with Crippen molar-refractivity contribution in [2.75, 3.05) is 0 Å². The molecule has 0 amide bonds. The summed E-state index contributed by atoms with van der Waals surface area (Å²) in [5.41, 5.74) is 0.983. The Hall–Kier alpha value is -4.65. The highest BCUT2D eigenvalue weighted by Gasteiger charge is 2.32. The van der Waals surface area contributed by atoms with Gasteiger partial charge in [-0.2, -0.15) is 13.2 Å². The van der Waals surface area contributed by atoms with Crippen LogP contribution in [0.5, 0.6) is 11.5 Å². The van der Waals surface area contributed by atoms with Gasteiger partial charge in [-0.25, -0.2) is 9.59 Å². The minimum Gasteiger partial charge on any atom is -0.423 e. The van der Waals surface area contributed by atoms with Crippen molar-refractivity contribution >= 4 is 36.2 Å². The van der Waals surface area contributed by atoms with Crippen LogP contribution in [0.25, 0.3) is 24.3 Å². The van der Waals surface area contributed by atoms with Crippen LogP contribution in [0.4, 0.5) is 13.2 Å². The van der Waals surface area contributed by atoms with Gasteiger partial charge in [0.15, 0.2) is 0 Å². The summed E-state index contributed by atoms with van der Waals surface area (Å²) < 4.78 is 52.2. The molecular formula is C31H25F3O4. The second-order valence-corrected chi connectivity index (χ2v) is 8.46. The number of carbonyl (C=O) groups is 2. The van der Waals surface area contributed by atoms with Crippen LogP contribution < -0.4 is 9.47 Å². The average Bonchev–Trinajstić information content (AvgIpc) is 2.86. The number of hydrogen-bond acceptors (Lipinski definition) is 4. The lowest BCUT2D eigenvalue weighted by atomic mass is 10.0. The molecule has 38 heavy (non-hydrogen) atoms. The zero-order valence-corrected chi connectivity index (χ0v) is 20.8. The number of rotatable bonds is 8. The Balaban J connectivity index is 1.87. The monoisotopic (exact) mass is 518 g/mol. The predicted molar refractivity (Wildman–Crippen MR) is 143 cm³/mol. The molecule has 0 bridgehead atoms. The van der Waals surface area contributed by atoms with Gasteiger partial charge in [-0.3, -0.25) is 0 Å². The number of ether oxygens (including phenoxy) is 2. The molecule has 3 aromatic rings. The number of carbonyl (C=O) groups excluding carboxylic acids is 2. The lowest BCUT2D eigenvalue weighted by Gasteiger charge is -2.12. The van der Waals surface area contributed by atoms with Gasteiger partial charge in [-0.1, -0.05) is 79.9 Å². The van der Waals surface area contributed by atoms with E-state index < -0.39 is 23.7 Å². The van der Waals surface area contributed by atoms with Crippen molar-refractivity contribution in [3.8, 4) is 11.5 Å². The first-order valence-electron chi connectivity index (χ1n) is 11.5. The van der Waals surface area contributed by atoms with Crippen molar-refractivity contribution in [1.29, 1.82) is 0 Å². The molecule has 0 spiro atoms. The fraction of sp³-hybridized carbons (Fsp3) is 0.0968. The Kier molecular flexibility index (Phi) is 8.86. The predicted octanol–water partition coefficient (Wildman–Crippen LogP) is 8.01. The molecule has 0 unspecified atom stereocenters. The molecule has 194 valence electrons. The molecule has 0 N–H and O–H groups in total. The fourth-order valence-electron chi connectivity index (χ4n) is 3.21. The van der Waals surface area contributed by atoms with Crippen molar-refractivity contribution in [3.63, 3.8) is 0 Å². The third kappa shape index (κ3) is 7.67. The molecule has 0 radical (unpaired) electrons. The number of benzene rings is 3. The molecule has 3 aromatic carbocycles. The Labute approximate surface area is 219 Å². The molecule has 3 rings (SSSR count). The molecule has 0 fully saturated rings. The maximum Gasteiger partial charge on any atom is 0.417 e. The molecule has 7 heteroatoms. The molecule has 0 aliphatic heterocycles. The Morgan fingerprint density at radius 3 is 1.97 bits per heavy atom. The van der Waals surface area contributed by atoms with Crippen LogP contribution in [-0.4, -0.2) is 11.9 Å². The van der Waals surface area contributed by atoms with Crippen LogP contribution in [0, 0.1) is 0 Å². The first-order valence-corrected chi connectivity index (χ1v) is 11.5. The van der Waals surface area contributed by atoms with Gasteiger partial charge in [0.2, 0.25) is 0 Å². The van der Waals surface area contributed by atoms with E-state index in [2.05, 4.69) is 13.2 Å². The third-order valence-corrected chi connectivity index (χ3v) is 5.18. The van der Waals surface area contributed by atoms with Gasteiger partial charge >= 0.3 is 18.1 Å². The number of halogens is 3. The summed E-state index contributed by atoms with van der Waals surface area (Å²) in [4.78, 5) is 23.6. The molecule has 0 saturated heterocycles. The lowest BCUT2D eigenvalue weighted by molar-refractivity contribution is -0.137. The largest absolute Gasteiger partial charge is 0.423 e. The van der Waals surface area contributed by atoms with Crippen molar-refractivity contribution in [2.24, 2.45) is 0 Å². The molecule has 0 saturated carbocycles. The van der Waals surface area contributed by atoms with E-state index in [0.29, 0.717) is 16.7 Å². The Morgan fingerprint density at radius 2 is 1.32 bits per heavy atom. The second-order valence-electron chi connectivity index (χ2n) is 8.46. The van der Waals surface area contributed by atoms with Crippen LogP contribution in [0.15, 0.2) is 91.0 Å². The molecule has 0 aliphatic carbocycles. The van der Waals surface area contributed by atoms with Gasteiger partial charge < -0.3 is 9.47 Å². The van der Waals surface area contributed by atoms with Gasteiger partial charge in [-0.05, 0) is 54.8 Å². The van der Waals surface area contributed by atoms with Crippen molar-refractivity contribution in [1.82, 2.24) is 0 Å². The van der Waals surface area contributed by atoms with Crippen molar-refractivity contribution in [3.05, 3.63) is 119 Å². The van der Waals surface area contributed by atoms with Gasteiger partial charge in [0.1, 0.15) is 11.5 Å². The van der Waals surface area contributed by atoms with Gasteiger partial charge in [0.25, 0.3) is 0 Å². The van der Waals surface area contributed by atoms with E-state index in [0.717, 1.165) is 6.07 Å². The summed E-state index contributed by atoms with van der Waals surface area (Å²) in [5.74, 6) is -0.666. The first kappa shape index (κ1) is 27.9. The second kappa shape index (κ2) is 12.1. The first-order chi connectivity index (χ1) is 17.9. The standard InChI is InChI=1S/C31H25F3O4/c1-20(2)29(35)37-26-10-7-8-22(18-26)12-15-24-16-13-23(19-27(24)31(32,33)34)14-17-25-9-5-6-11-28(25)38-30(36)21(3)4/h5-19H,1,3H2,2,4H3. The van der Waals surface area contributed by atoms with Gasteiger partial charge in [0.05, 0.1) is 5.56 Å². The molecule has 0 aliphatic rings. The molecule has 0 aromatic heterocycles. The Bertz CT molecular complexity index is 1450. The highest BCUT2D eigenvalue weighted by molar-refractivity contribution is 5.90. The smallest absolute Gasteiger partial charge is 0.417 e. The van der Waals surface area contributed by atoms with E-state index in [1.807, 2.05) is 0 Å². The molecular weight excluding hydrogens is 493 g/mol.